The second-order valence-electron chi connectivity index (χ2n) is 9.19. The summed E-state index contributed by atoms with van der Waals surface area (Å²) in [6.45, 7) is 2.02. The maximum atomic E-state index is 13.5. The number of amides is 2. The number of hydrogen-bond donors (Lipinski definition) is 1. The van der Waals surface area contributed by atoms with Gasteiger partial charge in [0.1, 0.15) is 11.1 Å². The van der Waals surface area contributed by atoms with Crippen LogP contribution in [-0.4, -0.2) is 47.2 Å². The van der Waals surface area contributed by atoms with E-state index in [1.165, 1.54) is 38.1 Å². The quantitative estimate of drug-likeness (QED) is 0.431. The molecule has 39 heavy (non-hydrogen) atoms. The fraction of sp³-hybridized carbons (Fsp3) is 0.241. The molecule has 0 saturated carbocycles. The molecule has 0 bridgehead atoms. The standard InChI is InChI=1S/C29H27FN4O4S/c1-17-4-6-19(7-5-17)23-15-22(18-8-10-20(30)11-9-18)33-34(23)29-32-28(36)26(39-29)16-27(35)31-21-12-13-24(37-2)25(14-21)38-3/h4-14,23,26H,15-16H2,1-3H3,(H,31,35)/t23-,26-/m0/s1. The minimum Gasteiger partial charge on any atom is -0.493 e. The molecule has 2 aliphatic rings. The third kappa shape index (κ3) is 5.80. The van der Waals surface area contributed by atoms with Gasteiger partial charge in [0.25, 0.3) is 5.91 Å². The SMILES string of the molecule is COc1ccc(NC(=O)C[C@@H]2SC(N3N=C(c4ccc(F)cc4)C[C@H]3c3ccc(C)cc3)=NC2=O)cc1OC. The van der Waals surface area contributed by atoms with Gasteiger partial charge < -0.3 is 14.8 Å². The van der Waals surface area contributed by atoms with Crippen molar-refractivity contribution in [3.63, 3.8) is 0 Å². The van der Waals surface area contributed by atoms with Crippen molar-refractivity contribution < 1.29 is 23.5 Å². The Balaban J connectivity index is 1.32. The lowest BCUT2D eigenvalue weighted by Crippen LogP contribution is -2.25. The van der Waals surface area contributed by atoms with Crippen molar-refractivity contribution >= 4 is 40.1 Å². The van der Waals surface area contributed by atoms with E-state index in [0.29, 0.717) is 28.8 Å². The summed E-state index contributed by atoms with van der Waals surface area (Å²) in [7, 11) is 3.05. The summed E-state index contributed by atoms with van der Waals surface area (Å²) in [6, 6.07) is 19.2. The predicted octanol–water partition coefficient (Wildman–Crippen LogP) is 5.33. The number of hydrazone groups is 1. The Kier molecular flexibility index (Phi) is 7.65. The van der Waals surface area contributed by atoms with Crippen LogP contribution in [0.3, 0.4) is 0 Å². The molecule has 2 aliphatic heterocycles. The van der Waals surface area contributed by atoms with Crippen LogP contribution in [0.5, 0.6) is 11.5 Å². The van der Waals surface area contributed by atoms with E-state index in [9.17, 15) is 14.0 Å². The average Bonchev–Trinajstić information content (AvgIpc) is 3.53. The lowest BCUT2D eigenvalue weighted by Gasteiger charge is -2.23. The summed E-state index contributed by atoms with van der Waals surface area (Å²) in [5.41, 5.74) is 4.25. The van der Waals surface area contributed by atoms with E-state index >= 15 is 0 Å². The first-order valence-corrected chi connectivity index (χ1v) is 13.2. The van der Waals surface area contributed by atoms with Crippen LogP contribution in [0, 0.1) is 12.7 Å². The largest absolute Gasteiger partial charge is 0.493 e. The van der Waals surface area contributed by atoms with E-state index in [1.807, 2.05) is 31.2 Å². The van der Waals surface area contributed by atoms with Crippen molar-refractivity contribution in [2.24, 2.45) is 10.1 Å². The van der Waals surface area contributed by atoms with Crippen molar-refractivity contribution in [2.75, 3.05) is 19.5 Å². The molecule has 0 radical (unpaired) electrons. The van der Waals surface area contributed by atoms with Gasteiger partial charge in [-0.15, -0.1) is 0 Å². The number of anilines is 1. The molecule has 0 spiro atoms. The molecule has 2 heterocycles. The zero-order chi connectivity index (χ0) is 27.5. The smallest absolute Gasteiger partial charge is 0.262 e. The number of rotatable bonds is 7. The van der Waals surface area contributed by atoms with Gasteiger partial charge in [-0.2, -0.15) is 10.1 Å². The number of halogens is 1. The van der Waals surface area contributed by atoms with E-state index in [4.69, 9.17) is 14.6 Å². The highest BCUT2D eigenvalue weighted by molar-refractivity contribution is 8.15. The van der Waals surface area contributed by atoms with Crippen LogP contribution >= 0.6 is 11.8 Å². The molecule has 0 fully saturated rings. The molecule has 0 saturated heterocycles. The molecule has 8 nitrogen and oxygen atoms in total. The predicted molar refractivity (Wildman–Crippen MR) is 150 cm³/mol. The fourth-order valence-electron chi connectivity index (χ4n) is 4.45. The molecule has 0 unspecified atom stereocenters. The number of amidine groups is 1. The van der Waals surface area contributed by atoms with Gasteiger partial charge in [-0.1, -0.05) is 53.7 Å². The number of aliphatic imine (C=N–C) groups is 1. The van der Waals surface area contributed by atoms with E-state index in [1.54, 1.807) is 35.3 Å². The third-order valence-electron chi connectivity index (χ3n) is 6.51. The van der Waals surface area contributed by atoms with Crippen LogP contribution in [0.4, 0.5) is 10.1 Å². The van der Waals surface area contributed by atoms with Gasteiger partial charge in [0.15, 0.2) is 16.7 Å². The molecular formula is C29H27FN4O4S. The van der Waals surface area contributed by atoms with E-state index < -0.39 is 5.25 Å². The Morgan fingerprint density at radius 1 is 1.05 bits per heavy atom. The van der Waals surface area contributed by atoms with Gasteiger partial charge >= 0.3 is 0 Å². The molecule has 200 valence electrons. The summed E-state index contributed by atoms with van der Waals surface area (Å²) in [6.07, 6.45) is 0.509. The van der Waals surface area contributed by atoms with Crippen LogP contribution < -0.4 is 14.8 Å². The zero-order valence-corrected chi connectivity index (χ0v) is 22.5. The topological polar surface area (TPSA) is 92.6 Å². The van der Waals surface area contributed by atoms with E-state index in [0.717, 1.165) is 22.4 Å². The van der Waals surface area contributed by atoms with Crippen LogP contribution in [0.25, 0.3) is 0 Å². The minimum atomic E-state index is -0.677. The van der Waals surface area contributed by atoms with Gasteiger partial charge in [0.05, 0.1) is 26.0 Å². The molecule has 3 aromatic rings. The van der Waals surface area contributed by atoms with Crippen molar-refractivity contribution in [1.29, 1.82) is 0 Å². The summed E-state index contributed by atoms with van der Waals surface area (Å²) in [5.74, 6) is 0.00417. The number of aryl methyl sites for hydroxylation is 1. The minimum absolute atomic E-state index is 0.0532. The van der Waals surface area contributed by atoms with Gasteiger partial charge in [0, 0.05) is 24.6 Å². The highest BCUT2D eigenvalue weighted by Gasteiger charge is 2.39. The number of hydrogen-bond acceptors (Lipinski definition) is 7. The first-order valence-electron chi connectivity index (χ1n) is 12.3. The average molecular weight is 547 g/mol. The Hall–Kier alpha value is -4.18. The number of nitrogens with one attached hydrogen (secondary N) is 1. The van der Waals surface area contributed by atoms with Crippen molar-refractivity contribution in [1.82, 2.24) is 5.01 Å². The Morgan fingerprint density at radius 2 is 1.77 bits per heavy atom. The van der Waals surface area contributed by atoms with Gasteiger partial charge in [-0.05, 0) is 42.3 Å². The number of ether oxygens (including phenoxy) is 2. The van der Waals surface area contributed by atoms with Crippen molar-refractivity contribution in [3.8, 4) is 11.5 Å². The first-order chi connectivity index (χ1) is 18.8. The normalized spacial score (nSPS) is 18.6. The molecule has 10 heteroatoms. The van der Waals surface area contributed by atoms with E-state index in [-0.39, 0.29) is 30.1 Å². The van der Waals surface area contributed by atoms with Gasteiger partial charge in [-0.25, -0.2) is 9.40 Å². The van der Waals surface area contributed by atoms with Crippen LogP contribution in [0.15, 0.2) is 76.8 Å². The Bertz CT molecular complexity index is 1460. The molecule has 0 aliphatic carbocycles. The first kappa shape index (κ1) is 26.4. The Morgan fingerprint density at radius 3 is 2.46 bits per heavy atom. The highest BCUT2D eigenvalue weighted by Crippen LogP contribution is 2.39. The zero-order valence-electron chi connectivity index (χ0n) is 21.7. The second kappa shape index (κ2) is 11.3. The highest BCUT2D eigenvalue weighted by atomic mass is 32.2. The number of carbonyl (C=O) groups excluding carboxylic acids is 2. The third-order valence-corrected chi connectivity index (χ3v) is 7.65. The second-order valence-corrected chi connectivity index (χ2v) is 10.4. The fourth-order valence-corrected chi connectivity index (χ4v) is 5.51. The number of benzene rings is 3. The van der Waals surface area contributed by atoms with Gasteiger partial charge in [0.2, 0.25) is 5.91 Å². The molecule has 1 N–H and O–H groups in total. The molecule has 2 amide bonds. The number of nitrogens with zero attached hydrogens (tertiary/aromatic N) is 3. The lowest BCUT2D eigenvalue weighted by molar-refractivity contribution is -0.121. The van der Waals surface area contributed by atoms with Crippen LogP contribution in [-0.2, 0) is 9.59 Å². The van der Waals surface area contributed by atoms with Gasteiger partial charge in [-0.3, -0.25) is 9.59 Å². The summed E-state index contributed by atoms with van der Waals surface area (Å²) in [4.78, 5) is 29.9. The molecule has 2 atom stereocenters. The molecule has 0 aromatic heterocycles. The molecular weight excluding hydrogens is 519 g/mol. The summed E-state index contributed by atoms with van der Waals surface area (Å²) < 4.78 is 24.0. The maximum absolute atomic E-state index is 13.5. The summed E-state index contributed by atoms with van der Waals surface area (Å²) in [5, 5.41) is 9.12. The van der Waals surface area contributed by atoms with E-state index in [2.05, 4.69) is 10.3 Å². The van der Waals surface area contributed by atoms with Crippen LogP contribution in [0.2, 0.25) is 0 Å². The van der Waals surface area contributed by atoms with Crippen molar-refractivity contribution in [2.45, 2.75) is 31.1 Å². The number of thioether (sulfide) groups is 1. The monoisotopic (exact) mass is 546 g/mol. The maximum Gasteiger partial charge on any atom is 0.262 e. The lowest BCUT2D eigenvalue weighted by atomic mass is 9.98. The molecule has 5 rings (SSSR count). The van der Waals surface area contributed by atoms with Crippen LogP contribution in [0.1, 0.15) is 35.6 Å². The van der Waals surface area contributed by atoms with Crippen molar-refractivity contribution in [3.05, 3.63) is 89.2 Å². The summed E-state index contributed by atoms with van der Waals surface area (Å²) >= 11 is 1.22. The molecule has 3 aromatic carbocycles. The number of carbonyl (C=O) groups is 2. The number of methoxy groups -OCH3 is 2. The Labute approximate surface area is 229 Å².